The first-order valence-electron chi connectivity index (χ1n) is 7.90. The van der Waals surface area contributed by atoms with Crippen LogP contribution in [0.5, 0.6) is 5.75 Å². The highest BCUT2D eigenvalue weighted by atomic mass is 16.5. The van der Waals surface area contributed by atoms with Crippen molar-refractivity contribution in [1.82, 2.24) is 10.2 Å². The Hall–Kier alpha value is -1.06. The van der Waals surface area contributed by atoms with Crippen LogP contribution < -0.4 is 10.1 Å². The number of ether oxygens (including phenoxy) is 1. The van der Waals surface area contributed by atoms with Crippen LogP contribution in [0.4, 0.5) is 0 Å². The van der Waals surface area contributed by atoms with E-state index in [2.05, 4.69) is 35.3 Å². The maximum absolute atomic E-state index is 5.88. The molecule has 3 nitrogen and oxygen atoms in total. The molecule has 1 aromatic rings. The summed E-state index contributed by atoms with van der Waals surface area (Å²) < 4.78 is 5.88. The maximum atomic E-state index is 5.88. The van der Waals surface area contributed by atoms with E-state index in [4.69, 9.17) is 4.74 Å². The summed E-state index contributed by atoms with van der Waals surface area (Å²) in [7, 11) is 1.97. The Kier molecular flexibility index (Phi) is 6.34. The van der Waals surface area contributed by atoms with Crippen molar-refractivity contribution in [3.8, 4) is 5.75 Å². The van der Waals surface area contributed by atoms with E-state index >= 15 is 0 Å². The van der Waals surface area contributed by atoms with Gasteiger partial charge in [-0.2, -0.15) is 0 Å². The van der Waals surface area contributed by atoms with E-state index in [1.165, 1.54) is 37.9 Å². The summed E-state index contributed by atoms with van der Waals surface area (Å²) in [5.41, 5.74) is 1.27. The fourth-order valence-corrected chi connectivity index (χ4v) is 3.00. The predicted octanol–water partition coefficient (Wildman–Crippen LogP) is 2.91. The zero-order valence-electron chi connectivity index (χ0n) is 12.9. The second-order valence-electron chi connectivity index (χ2n) is 5.77. The number of likely N-dealkylation sites (tertiary alicyclic amines) is 1. The molecular weight excluding hydrogens is 248 g/mol. The molecule has 1 atom stereocenters. The van der Waals surface area contributed by atoms with E-state index in [1.54, 1.807) is 0 Å². The molecule has 0 spiro atoms. The lowest BCUT2D eigenvalue weighted by atomic mass is 10.0. The van der Waals surface area contributed by atoms with Gasteiger partial charge in [-0.3, -0.25) is 4.90 Å². The van der Waals surface area contributed by atoms with Gasteiger partial charge in [0.2, 0.25) is 0 Å². The van der Waals surface area contributed by atoms with Gasteiger partial charge in [0.25, 0.3) is 0 Å². The zero-order chi connectivity index (χ0) is 14.2. The molecular formula is C17H28N2O. The van der Waals surface area contributed by atoms with Crippen LogP contribution in [0.1, 0.15) is 31.7 Å². The largest absolute Gasteiger partial charge is 0.492 e. The van der Waals surface area contributed by atoms with Crippen molar-refractivity contribution in [2.24, 2.45) is 5.92 Å². The molecule has 1 aromatic carbocycles. The van der Waals surface area contributed by atoms with Crippen LogP contribution in [-0.2, 0) is 6.54 Å². The fraction of sp³-hybridized carbons (Fsp3) is 0.647. The number of hydrogen-bond donors (Lipinski definition) is 1. The second kappa shape index (κ2) is 8.28. The molecule has 2 rings (SSSR count). The van der Waals surface area contributed by atoms with Gasteiger partial charge in [-0.1, -0.05) is 25.5 Å². The number of hydrogen-bond acceptors (Lipinski definition) is 3. The number of benzene rings is 1. The first-order chi connectivity index (χ1) is 9.81. The van der Waals surface area contributed by atoms with Gasteiger partial charge in [0.15, 0.2) is 0 Å². The molecule has 0 aromatic heterocycles. The van der Waals surface area contributed by atoms with E-state index in [9.17, 15) is 0 Å². The van der Waals surface area contributed by atoms with E-state index < -0.39 is 0 Å². The molecule has 1 heterocycles. The lowest BCUT2D eigenvalue weighted by molar-refractivity contribution is 0.231. The monoisotopic (exact) mass is 276 g/mol. The van der Waals surface area contributed by atoms with Crippen LogP contribution in [0.2, 0.25) is 0 Å². The highest BCUT2D eigenvalue weighted by molar-refractivity contribution is 5.28. The molecule has 0 saturated carbocycles. The molecule has 0 amide bonds. The van der Waals surface area contributed by atoms with Gasteiger partial charge in [0, 0.05) is 19.6 Å². The van der Waals surface area contributed by atoms with Crippen LogP contribution in [0, 0.1) is 5.92 Å². The van der Waals surface area contributed by atoms with E-state index in [-0.39, 0.29) is 0 Å². The lowest BCUT2D eigenvalue weighted by Gasteiger charge is -2.16. The van der Waals surface area contributed by atoms with Gasteiger partial charge in [-0.05, 0) is 50.0 Å². The Morgan fingerprint density at radius 1 is 1.40 bits per heavy atom. The third kappa shape index (κ3) is 4.80. The van der Waals surface area contributed by atoms with Crippen LogP contribution >= 0.6 is 0 Å². The van der Waals surface area contributed by atoms with Crippen LogP contribution in [-0.4, -0.2) is 38.2 Å². The summed E-state index contributed by atoms with van der Waals surface area (Å²) in [6.07, 6.45) is 4.06. The zero-order valence-corrected chi connectivity index (χ0v) is 12.9. The van der Waals surface area contributed by atoms with Gasteiger partial charge in [0.1, 0.15) is 12.4 Å². The quantitative estimate of drug-likeness (QED) is 0.790. The topological polar surface area (TPSA) is 24.5 Å². The molecule has 0 aliphatic carbocycles. The first-order valence-corrected chi connectivity index (χ1v) is 7.90. The smallest absolute Gasteiger partial charge is 0.119 e. The minimum absolute atomic E-state index is 0.794. The van der Waals surface area contributed by atoms with Crippen molar-refractivity contribution in [2.75, 3.05) is 33.3 Å². The van der Waals surface area contributed by atoms with Crippen molar-refractivity contribution < 1.29 is 4.74 Å². The summed E-state index contributed by atoms with van der Waals surface area (Å²) in [5, 5.41) is 3.17. The fourth-order valence-electron chi connectivity index (χ4n) is 3.00. The van der Waals surface area contributed by atoms with Crippen molar-refractivity contribution in [2.45, 2.75) is 32.7 Å². The van der Waals surface area contributed by atoms with Crippen molar-refractivity contribution in [1.29, 1.82) is 0 Å². The van der Waals surface area contributed by atoms with E-state index in [1.807, 2.05) is 13.1 Å². The van der Waals surface area contributed by atoms with Gasteiger partial charge >= 0.3 is 0 Å². The van der Waals surface area contributed by atoms with Crippen LogP contribution in [0.25, 0.3) is 0 Å². The molecule has 0 bridgehead atoms. The SMILES string of the molecule is CCCC1CCN(CCOc2cccc(CNC)c2)C1. The summed E-state index contributed by atoms with van der Waals surface area (Å²) in [6, 6.07) is 8.36. The Morgan fingerprint density at radius 2 is 2.30 bits per heavy atom. The number of rotatable bonds is 8. The first kappa shape index (κ1) is 15.3. The molecule has 112 valence electrons. The third-order valence-electron chi connectivity index (χ3n) is 4.02. The standard InChI is InChI=1S/C17H28N2O/c1-3-5-15-8-9-19(14-15)10-11-20-17-7-4-6-16(12-17)13-18-2/h4,6-7,12,15,18H,3,5,8-11,13-14H2,1-2H3. The van der Waals surface area contributed by atoms with Crippen molar-refractivity contribution >= 4 is 0 Å². The van der Waals surface area contributed by atoms with Crippen LogP contribution in [0.15, 0.2) is 24.3 Å². The summed E-state index contributed by atoms with van der Waals surface area (Å²) in [4.78, 5) is 2.54. The molecule has 20 heavy (non-hydrogen) atoms. The van der Waals surface area contributed by atoms with Gasteiger partial charge in [0.05, 0.1) is 0 Å². The average molecular weight is 276 g/mol. The second-order valence-corrected chi connectivity index (χ2v) is 5.77. The summed E-state index contributed by atoms with van der Waals surface area (Å²) in [6.45, 7) is 7.52. The van der Waals surface area contributed by atoms with Crippen molar-refractivity contribution in [3.63, 3.8) is 0 Å². The minimum atomic E-state index is 0.794. The Morgan fingerprint density at radius 3 is 3.10 bits per heavy atom. The van der Waals surface area contributed by atoms with Gasteiger partial charge in [-0.25, -0.2) is 0 Å². The highest BCUT2D eigenvalue weighted by Crippen LogP contribution is 2.20. The Balaban J connectivity index is 1.69. The third-order valence-corrected chi connectivity index (χ3v) is 4.02. The highest BCUT2D eigenvalue weighted by Gasteiger charge is 2.20. The predicted molar refractivity (Wildman–Crippen MR) is 84.2 cm³/mol. The minimum Gasteiger partial charge on any atom is -0.492 e. The van der Waals surface area contributed by atoms with Gasteiger partial charge in [-0.15, -0.1) is 0 Å². The summed E-state index contributed by atoms with van der Waals surface area (Å²) >= 11 is 0. The molecule has 3 heteroatoms. The molecule has 1 fully saturated rings. The Labute approximate surface area is 123 Å². The number of nitrogens with zero attached hydrogens (tertiary/aromatic N) is 1. The molecule has 1 aliphatic heterocycles. The Bertz CT molecular complexity index is 394. The molecule has 1 unspecified atom stereocenters. The maximum Gasteiger partial charge on any atom is 0.119 e. The molecule has 1 N–H and O–H groups in total. The average Bonchev–Trinajstić information content (AvgIpc) is 2.88. The number of nitrogens with one attached hydrogen (secondary N) is 1. The lowest BCUT2D eigenvalue weighted by Crippen LogP contribution is -2.26. The normalized spacial score (nSPS) is 19.4. The van der Waals surface area contributed by atoms with E-state index in [0.717, 1.165) is 31.4 Å². The van der Waals surface area contributed by atoms with Crippen LogP contribution in [0.3, 0.4) is 0 Å². The molecule has 1 aliphatic rings. The molecule has 1 saturated heterocycles. The molecule has 0 radical (unpaired) electrons. The van der Waals surface area contributed by atoms with Crippen molar-refractivity contribution in [3.05, 3.63) is 29.8 Å². The van der Waals surface area contributed by atoms with Gasteiger partial charge < -0.3 is 10.1 Å². The van der Waals surface area contributed by atoms with E-state index in [0.29, 0.717) is 0 Å². The summed E-state index contributed by atoms with van der Waals surface area (Å²) in [5.74, 6) is 1.90.